The third-order valence-corrected chi connectivity index (χ3v) is 5.47. The highest BCUT2D eigenvalue weighted by Gasteiger charge is 2.19. The molecule has 9 heteroatoms. The molecule has 168 valence electrons. The molecule has 0 spiro atoms. The van der Waals surface area contributed by atoms with Crippen LogP contribution >= 0.6 is 0 Å². The lowest BCUT2D eigenvalue weighted by Gasteiger charge is -2.09. The molecule has 0 aliphatic heterocycles. The van der Waals surface area contributed by atoms with Crippen LogP contribution in [-0.2, 0) is 0 Å². The van der Waals surface area contributed by atoms with Gasteiger partial charge in [-0.25, -0.2) is 18.9 Å². The fourth-order valence-electron chi connectivity index (χ4n) is 3.67. The maximum Gasteiger partial charge on any atom is 0.262 e. The summed E-state index contributed by atoms with van der Waals surface area (Å²) in [6.45, 7) is 3.35. The van der Waals surface area contributed by atoms with E-state index >= 15 is 0 Å². The average Bonchev–Trinajstić information content (AvgIpc) is 3.22. The highest BCUT2D eigenvalue weighted by atomic mass is 19.1. The van der Waals surface area contributed by atoms with Gasteiger partial charge in [0.25, 0.3) is 5.91 Å². The van der Waals surface area contributed by atoms with Crippen molar-refractivity contribution in [1.29, 1.82) is 0 Å². The highest BCUT2D eigenvalue weighted by Crippen LogP contribution is 2.33. The number of imidazole rings is 1. The zero-order valence-corrected chi connectivity index (χ0v) is 18.4. The van der Waals surface area contributed by atoms with Crippen LogP contribution in [0.1, 0.15) is 21.6 Å². The minimum atomic E-state index is -0.458. The molecule has 0 saturated carbocycles. The Labute approximate surface area is 193 Å². The van der Waals surface area contributed by atoms with Crippen LogP contribution < -0.4 is 10.0 Å². The first-order chi connectivity index (χ1) is 16.4. The van der Waals surface area contributed by atoms with Gasteiger partial charge >= 0.3 is 0 Å². The smallest absolute Gasteiger partial charge is 0.262 e. The van der Waals surface area contributed by atoms with E-state index in [1.54, 1.807) is 73.2 Å². The predicted molar refractivity (Wildman–Crippen MR) is 124 cm³/mol. The van der Waals surface area contributed by atoms with Gasteiger partial charge in [-0.2, -0.15) is 9.83 Å². The Hall–Kier alpha value is -4.66. The van der Waals surface area contributed by atoms with Crippen molar-refractivity contribution in [3.05, 3.63) is 101 Å². The van der Waals surface area contributed by atoms with Crippen LogP contribution in [-0.4, -0.2) is 25.5 Å². The summed E-state index contributed by atoms with van der Waals surface area (Å²) in [5, 5.41) is 19.0. The van der Waals surface area contributed by atoms with Crippen LogP contribution in [0.2, 0.25) is 0 Å². The van der Waals surface area contributed by atoms with Crippen molar-refractivity contribution in [1.82, 2.24) is 19.6 Å². The largest absolute Gasteiger partial charge is 0.618 e. The summed E-state index contributed by atoms with van der Waals surface area (Å²) in [6.07, 6.45) is 4.44. The highest BCUT2D eigenvalue weighted by molar-refractivity contribution is 6.03. The summed E-state index contributed by atoms with van der Waals surface area (Å²) in [5.74, 6) is -0.454. The lowest BCUT2D eigenvalue weighted by Crippen LogP contribution is -2.31. The number of carbonyl (C=O) groups is 1. The Morgan fingerprint density at radius 2 is 1.91 bits per heavy atom. The number of pyridine rings is 2. The molecule has 0 aliphatic rings. The zero-order chi connectivity index (χ0) is 23.8. The van der Waals surface area contributed by atoms with Crippen molar-refractivity contribution in [2.24, 2.45) is 0 Å². The maximum atomic E-state index is 13.9. The molecule has 1 N–H and O–H groups in total. The summed E-state index contributed by atoms with van der Waals surface area (Å²) in [5.41, 5.74) is 4.56. The maximum absolute atomic E-state index is 13.9. The molecule has 0 bridgehead atoms. The predicted octanol–water partition coefficient (Wildman–Crippen LogP) is 4.10. The molecule has 4 aromatic heterocycles. The van der Waals surface area contributed by atoms with E-state index in [9.17, 15) is 14.4 Å². The molecule has 1 aromatic carbocycles. The molecule has 1 amide bonds. The zero-order valence-electron chi connectivity index (χ0n) is 18.4. The van der Waals surface area contributed by atoms with Gasteiger partial charge in [-0.15, -0.1) is 0 Å². The number of benzene rings is 1. The molecule has 0 aliphatic carbocycles. The number of hydrogen-bond acceptors (Lipinski definition) is 5. The lowest BCUT2D eigenvalue weighted by atomic mass is 10.0. The number of aryl methyl sites for hydroxylation is 2. The van der Waals surface area contributed by atoms with E-state index in [1.165, 1.54) is 12.3 Å². The molecule has 34 heavy (non-hydrogen) atoms. The van der Waals surface area contributed by atoms with Gasteiger partial charge in [-0.05, 0) is 61.0 Å². The number of hydrogen-bond donors (Lipinski definition) is 1. The molecular weight excluding hydrogens is 435 g/mol. The third kappa shape index (κ3) is 3.83. The van der Waals surface area contributed by atoms with Crippen molar-refractivity contribution in [3.63, 3.8) is 0 Å². The van der Waals surface area contributed by atoms with Crippen molar-refractivity contribution < 1.29 is 13.9 Å². The van der Waals surface area contributed by atoms with Crippen LogP contribution in [0.5, 0.6) is 0 Å². The third-order valence-electron chi connectivity index (χ3n) is 5.47. The minimum absolute atomic E-state index is 0.215. The average molecular weight is 454 g/mol. The standard InChI is InChI=1S/C25H19FN6O2/c1-15-12-17(7-8-20(15)26)23-24(32-22(30-23)4-3-10-28-32)18-9-11-27-21(13-18)29-25(33)19-6-5-16(2)31(34)14-19/h3-14H,1-2H3,(H,27,29,33). The second-order valence-electron chi connectivity index (χ2n) is 7.84. The van der Waals surface area contributed by atoms with E-state index in [1.807, 2.05) is 6.07 Å². The number of halogens is 1. The number of anilines is 1. The Morgan fingerprint density at radius 3 is 2.71 bits per heavy atom. The quantitative estimate of drug-likeness (QED) is 0.326. The number of aromatic nitrogens is 5. The van der Waals surface area contributed by atoms with Crippen molar-refractivity contribution in [2.75, 3.05) is 5.32 Å². The summed E-state index contributed by atoms with van der Waals surface area (Å²) >= 11 is 0. The van der Waals surface area contributed by atoms with Gasteiger partial charge in [-0.3, -0.25) is 4.79 Å². The summed E-state index contributed by atoms with van der Waals surface area (Å²) in [7, 11) is 0. The Morgan fingerprint density at radius 1 is 1.06 bits per heavy atom. The summed E-state index contributed by atoms with van der Waals surface area (Å²) in [4.78, 5) is 21.6. The number of amides is 1. The van der Waals surface area contributed by atoms with Crippen LogP contribution in [0, 0.1) is 24.9 Å². The van der Waals surface area contributed by atoms with E-state index < -0.39 is 5.91 Å². The molecule has 5 rings (SSSR count). The van der Waals surface area contributed by atoms with Crippen LogP contribution in [0.15, 0.2) is 73.2 Å². The van der Waals surface area contributed by atoms with Gasteiger partial charge in [0.05, 0.1) is 5.69 Å². The van der Waals surface area contributed by atoms with Gasteiger partial charge in [0.2, 0.25) is 0 Å². The molecule has 0 atom stereocenters. The Balaban J connectivity index is 1.58. The summed E-state index contributed by atoms with van der Waals surface area (Å²) in [6, 6.07) is 15.1. The topological polar surface area (TPSA) is 99.1 Å². The number of rotatable bonds is 4. The van der Waals surface area contributed by atoms with E-state index in [2.05, 4.69) is 15.4 Å². The second kappa shape index (κ2) is 8.36. The molecule has 5 aromatic rings. The van der Waals surface area contributed by atoms with Crippen LogP contribution in [0.4, 0.5) is 10.2 Å². The second-order valence-corrected chi connectivity index (χ2v) is 7.84. The first-order valence-corrected chi connectivity index (χ1v) is 10.5. The SMILES string of the molecule is Cc1cc(-c2nc3cccnn3c2-c2ccnc(NC(=O)c3ccc(C)[n+]([O-])c3)c2)ccc1F. The van der Waals surface area contributed by atoms with E-state index in [4.69, 9.17) is 4.98 Å². The van der Waals surface area contributed by atoms with Gasteiger partial charge in [0, 0.05) is 36.5 Å². The van der Waals surface area contributed by atoms with Crippen LogP contribution in [0.3, 0.4) is 0 Å². The molecule has 0 unspecified atom stereocenters. The lowest BCUT2D eigenvalue weighted by molar-refractivity contribution is -0.612. The molecular formula is C25H19FN6O2. The molecule has 0 fully saturated rings. The minimum Gasteiger partial charge on any atom is -0.618 e. The molecule has 0 radical (unpaired) electrons. The number of fused-ring (bicyclic) bond motifs is 1. The van der Waals surface area contributed by atoms with Gasteiger partial charge < -0.3 is 10.5 Å². The number of carbonyl (C=O) groups excluding carboxylic acids is 1. The van der Waals surface area contributed by atoms with Crippen molar-refractivity contribution in [3.8, 4) is 22.5 Å². The fourth-order valence-corrected chi connectivity index (χ4v) is 3.67. The Bertz CT molecular complexity index is 1560. The number of nitrogens with one attached hydrogen (secondary N) is 1. The Kier molecular flexibility index (Phi) is 5.21. The summed E-state index contributed by atoms with van der Waals surface area (Å²) < 4.78 is 16.2. The van der Waals surface area contributed by atoms with E-state index in [0.29, 0.717) is 44.4 Å². The molecule has 4 heterocycles. The number of nitrogens with zero attached hydrogens (tertiary/aromatic N) is 5. The monoisotopic (exact) mass is 454 g/mol. The first-order valence-electron chi connectivity index (χ1n) is 10.5. The van der Waals surface area contributed by atoms with E-state index in [0.717, 1.165) is 5.56 Å². The molecule has 8 nitrogen and oxygen atoms in total. The first kappa shape index (κ1) is 21.2. The van der Waals surface area contributed by atoms with Crippen LogP contribution in [0.25, 0.3) is 28.2 Å². The van der Waals surface area contributed by atoms with Gasteiger partial charge in [-0.1, -0.05) is 0 Å². The van der Waals surface area contributed by atoms with Gasteiger partial charge in [0.15, 0.2) is 17.5 Å². The fraction of sp³-hybridized carbons (Fsp3) is 0.0800. The normalized spacial score (nSPS) is 11.0. The van der Waals surface area contributed by atoms with Crippen molar-refractivity contribution >= 4 is 17.4 Å². The van der Waals surface area contributed by atoms with E-state index in [-0.39, 0.29) is 11.4 Å². The molecule has 0 saturated heterocycles. The van der Waals surface area contributed by atoms with Crippen molar-refractivity contribution in [2.45, 2.75) is 13.8 Å². The van der Waals surface area contributed by atoms with Gasteiger partial charge in [0.1, 0.15) is 22.9 Å².